The van der Waals surface area contributed by atoms with Gasteiger partial charge in [0.2, 0.25) is 5.95 Å². The first-order valence-electron chi connectivity index (χ1n) is 13.2. The fraction of sp³-hybridized carbons (Fsp3) is 0.226. The van der Waals surface area contributed by atoms with Crippen LogP contribution in [0.4, 0.5) is 20.4 Å². The highest BCUT2D eigenvalue weighted by atomic mass is 35.5. The fourth-order valence-electron chi connectivity index (χ4n) is 5.30. The summed E-state index contributed by atoms with van der Waals surface area (Å²) >= 11 is 6.30. The highest BCUT2D eigenvalue weighted by Crippen LogP contribution is 2.35. The lowest BCUT2D eigenvalue weighted by Crippen LogP contribution is -2.39. The smallest absolute Gasteiger partial charge is 0.253 e. The summed E-state index contributed by atoms with van der Waals surface area (Å²) in [6.07, 6.45) is 3.83. The third-order valence-corrected chi connectivity index (χ3v) is 7.53. The van der Waals surface area contributed by atoms with E-state index in [9.17, 15) is 13.6 Å². The Morgan fingerprint density at radius 2 is 1.82 bits per heavy atom. The first-order chi connectivity index (χ1) is 19.4. The molecule has 40 heavy (non-hydrogen) atoms. The second-order valence-electron chi connectivity index (χ2n) is 10.2. The van der Waals surface area contributed by atoms with E-state index < -0.39 is 11.6 Å². The van der Waals surface area contributed by atoms with E-state index in [1.165, 1.54) is 18.2 Å². The van der Waals surface area contributed by atoms with Crippen LogP contribution in [-0.2, 0) is 6.54 Å². The average Bonchev–Trinajstić information content (AvgIpc) is 3.10. The predicted octanol–water partition coefficient (Wildman–Crippen LogP) is 7.04. The van der Waals surface area contributed by atoms with Gasteiger partial charge in [-0.15, -0.1) is 0 Å². The third-order valence-electron chi connectivity index (χ3n) is 7.30. The first-order valence-corrected chi connectivity index (χ1v) is 13.6. The maximum absolute atomic E-state index is 14.8. The Bertz CT molecular complexity index is 1620. The van der Waals surface area contributed by atoms with Gasteiger partial charge in [0.1, 0.15) is 11.6 Å². The number of likely N-dealkylation sites (tertiary alicyclic amines) is 1. The van der Waals surface area contributed by atoms with E-state index in [0.29, 0.717) is 44.8 Å². The molecule has 9 heteroatoms. The highest BCUT2D eigenvalue weighted by molar-refractivity contribution is 6.31. The van der Waals surface area contributed by atoms with Crippen LogP contribution in [0.5, 0.6) is 0 Å². The molecular formula is C31H26ClF2N5O. The molecule has 3 heterocycles. The molecule has 1 atom stereocenters. The van der Waals surface area contributed by atoms with Crippen molar-refractivity contribution in [1.29, 1.82) is 0 Å². The van der Waals surface area contributed by atoms with Crippen LogP contribution in [0.15, 0.2) is 71.9 Å². The number of nitrogens with zero attached hydrogens (tertiary/aromatic N) is 4. The van der Waals surface area contributed by atoms with Crippen molar-refractivity contribution in [2.45, 2.75) is 26.3 Å². The van der Waals surface area contributed by atoms with Gasteiger partial charge in [-0.05, 0) is 67.3 Å². The molecule has 2 aliphatic rings. The molecule has 1 aromatic heterocycles. The van der Waals surface area contributed by atoms with E-state index in [-0.39, 0.29) is 23.7 Å². The van der Waals surface area contributed by atoms with Crippen LogP contribution >= 0.6 is 11.6 Å². The van der Waals surface area contributed by atoms with Gasteiger partial charge in [-0.2, -0.15) is 0 Å². The molecule has 6 rings (SSSR count). The van der Waals surface area contributed by atoms with Gasteiger partial charge in [-0.3, -0.25) is 9.79 Å². The summed E-state index contributed by atoms with van der Waals surface area (Å²) in [5.41, 5.74) is 3.73. The molecule has 2 aliphatic heterocycles. The summed E-state index contributed by atoms with van der Waals surface area (Å²) in [6, 6.07) is 16.1. The molecule has 1 N–H and O–H groups in total. The van der Waals surface area contributed by atoms with Crippen molar-refractivity contribution in [2.24, 2.45) is 10.9 Å². The Morgan fingerprint density at radius 1 is 1.05 bits per heavy atom. The average molecular weight is 558 g/mol. The van der Waals surface area contributed by atoms with Crippen molar-refractivity contribution in [3.8, 4) is 11.3 Å². The lowest BCUT2D eigenvalue weighted by atomic mass is 9.95. The molecule has 0 aliphatic carbocycles. The molecule has 0 radical (unpaired) electrons. The Labute approximate surface area is 235 Å². The minimum atomic E-state index is -0.708. The van der Waals surface area contributed by atoms with Gasteiger partial charge in [0, 0.05) is 52.3 Å². The number of benzene rings is 3. The lowest BCUT2D eigenvalue weighted by Gasteiger charge is -2.31. The fourth-order valence-corrected chi connectivity index (χ4v) is 5.48. The Morgan fingerprint density at radius 3 is 2.58 bits per heavy atom. The summed E-state index contributed by atoms with van der Waals surface area (Å²) < 4.78 is 29.6. The van der Waals surface area contributed by atoms with Crippen molar-refractivity contribution in [2.75, 3.05) is 18.4 Å². The number of nitrogens with one attached hydrogen (secondary N) is 1. The Hall–Kier alpha value is -4.17. The van der Waals surface area contributed by atoms with Gasteiger partial charge in [0.05, 0.1) is 23.5 Å². The molecular weight excluding hydrogens is 532 g/mol. The normalized spacial score (nSPS) is 16.4. The van der Waals surface area contributed by atoms with Gasteiger partial charge >= 0.3 is 0 Å². The summed E-state index contributed by atoms with van der Waals surface area (Å²) in [5, 5.41) is 3.61. The van der Waals surface area contributed by atoms with E-state index >= 15 is 0 Å². The second kappa shape index (κ2) is 10.8. The number of hydrogen-bond acceptors (Lipinski definition) is 5. The SMILES string of the molecule is CC1CCCN(C(=O)c2ccc(Nc3ncc4c(n3)-c3ccc(Cl)cc3C(c3c(F)cccc3F)=NC4)cc2)C1. The molecule has 1 unspecified atom stereocenters. The zero-order valence-electron chi connectivity index (χ0n) is 21.8. The van der Waals surface area contributed by atoms with Crippen molar-refractivity contribution >= 4 is 34.9 Å². The molecule has 6 nitrogen and oxygen atoms in total. The number of anilines is 2. The van der Waals surface area contributed by atoms with E-state index in [1.54, 1.807) is 36.5 Å². The van der Waals surface area contributed by atoms with Crippen LogP contribution in [0.3, 0.4) is 0 Å². The molecule has 1 amide bonds. The summed E-state index contributed by atoms with van der Waals surface area (Å²) in [4.78, 5) is 28.6. The van der Waals surface area contributed by atoms with Crippen molar-refractivity contribution < 1.29 is 13.6 Å². The van der Waals surface area contributed by atoms with Crippen LogP contribution < -0.4 is 5.32 Å². The van der Waals surface area contributed by atoms with Gasteiger partial charge in [0.15, 0.2) is 0 Å². The molecule has 0 bridgehead atoms. The number of piperidine rings is 1. The predicted molar refractivity (Wildman–Crippen MR) is 152 cm³/mol. The number of fused-ring (bicyclic) bond motifs is 3. The largest absolute Gasteiger partial charge is 0.338 e. The van der Waals surface area contributed by atoms with E-state index in [1.807, 2.05) is 17.0 Å². The topological polar surface area (TPSA) is 70.5 Å². The zero-order valence-corrected chi connectivity index (χ0v) is 22.6. The molecule has 1 saturated heterocycles. The monoisotopic (exact) mass is 557 g/mol. The van der Waals surface area contributed by atoms with Crippen LogP contribution in [-0.4, -0.2) is 39.6 Å². The van der Waals surface area contributed by atoms with Crippen molar-refractivity contribution in [1.82, 2.24) is 14.9 Å². The number of aliphatic imine (C=N–C) groups is 1. The molecule has 3 aromatic carbocycles. The maximum Gasteiger partial charge on any atom is 0.253 e. The number of carbonyl (C=O) groups is 1. The van der Waals surface area contributed by atoms with Gasteiger partial charge < -0.3 is 10.2 Å². The number of halogens is 3. The third kappa shape index (κ3) is 5.07. The van der Waals surface area contributed by atoms with E-state index in [4.69, 9.17) is 16.6 Å². The molecule has 0 spiro atoms. The van der Waals surface area contributed by atoms with Crippen LogP contribution in [0.25, 0.3) is 11.3 Å². The minimum Gasteiger partial charge on any atom is -0.338 e. The number of aromatic nitrogens is 2. The van der Waals surface area contributed by atoms with Crippen molar-refractivity contribution in [3.63, 3.8) is 0 Å². The Balaban J connectivity index is 1.30. The first kappa shape index (κ1) is 26.1. The standard InChI is InChI=1S/C31H26ClF2N5O/c1-18-4-3-13-39(17-18)30(40)19-7-10-22(11-8-19)37-31-36-16-20-15-35-29(27-25(33)5-2-6-26(27)34)24-14-21(32)9-12-23(24)28(20)38-31/h2,5-12,14,16,18H,3-4,13,15,17H2,1H3,(H,36,37,38). The van der Waals surface area contributed by atoms with Crippen LogP contribution in [0, 0.1) is 17.6 Å². The lowest BCUT2D eigenvalue weighted by molar-refractivity contribution is 0.0683. The maximum atomic E-state index is 14.8. The van der Waals surface area contributed by atoms with Gasteiger partial charge in [0.25, 0.3) is 5.91 Å². The Kier molecular flexibility index (Phi) is 7.02. The molecule has 202 valence electrons. The quantitative estimate of drug-likeness (QED) is 0.292. The number of carbonyl (C=O) groups excluding carboxylic acids is 1. The van der Waals surface area contributed by atoms with Gasteiger partial charge in [-0.1, -0.05) is 30.7 Å². The number of hydrogen-bond donors (Lipinski definition) is 1. The van der Waals surface area contributed by atoms with Gasteiger partial charge in [-0.25, -0.2) is 18.7 Å². The molecule has 4 aromatic rings. The summed E-state index contributed by atoms with van der Waals surface area (Å²) in [7, 11) is 0. The number of amides is 1. The summed E-state index contributed by atoms with van der Waals surface area (Å²) in [6.45, 7) is 3.87. The zero-order chi connectivity index (χ0) is 27.8. The van der Waals surface area contributed by atoms with E-state index in [0.717, 1.165) is 31.6 Å². The summed E-state index contributed by atoms with van der Waals surface area (Å²) in [5.74, 6) is -0.528. The second-order valence-corrected chi connectivity index (χ2v) is 10.7. The number of rotatable bonds is 4. The molecule has 1 fully saturated rings. The van der Waals surface area contributed by atoms with E-state index in [2.05, 4.69) is 22.2 Å². The van der Waals surface area contributed by atoms with Crippen molar-refractivity contribution in [3.05, 3.63) is 106 Å². The highest BCUT2D eigenvalue weighted by Gasteiger charge is 2.26. The minimum absolute atomic E-state index is 0.0387. The van der Waals surface area contributed by atoms with Crippen LogP contribution in [0.1, 0.15) is 46.8 Å². The molecule has 0 saturated carbocycles. The van der Waals surface area contributed by atoms with Crippen LogP contribution in [0.2, 0.25) is 5.02 Å².